The van der Waals surface area contributed by atoms with Crippen LogP contribution in [0.3, 0.4) is 0 Å². The minimum absolute atomic E-state index is 0.687. The molecule has 1 aromatic rings. The van der Waals surface area contributed by atoms with Gasteiger partial charge in [0.2, 0.25) is 0 Å². The number of anilines is 1. The summed E-state index contributed by atoms with van der Waals surface area (Å²) in [6.45, 7) is 7.10. The Morgan fingerprint density at radius 3 is 3.17 bits per heavy atom. The van der Waals surface area contributed by atoms with Crippen molar-refractivity contribution in [1.82, 2.24) is 9.88 Å². The van der Waals surface area contributed by atoms with E-state index in [9.17, 15) is 0 Å². The van der Waals surface area contributed by atoms with Crippen LogP contribution in [0.2, 0.25) is 0 Å². The molecular formula is C14H23N3O. The first-order valence-electron chi connectivity index (χ1n) is 6.73. The molecule has 1 saturated heterocycles. The Balaban J connectivity index is 1.88. The van der Waals surface area contributed by atoms with Crippen molar-refractivity contribution < 1.29 is 4.74 Å². The van der Waals surface area contributed by atoms with Gasteiger partial charge >= 0.3 is 0 Å². The fourth-order valence-electron chi connectivity index (χ4n) is 2.50. The second kappa shape index (κ2) is 6.71. The molecule has 0 amide bonds. The highest BCUT2D eigenvalue weighted by Gasteiger charge is 2.22. The molecule has 2 heterocycles. The van der Waals surface area contributed by atoms with E-state index in [1.807, 2.05) is 6.07 Å². The van der Waals surface area contributed by atoms with Gasteiger partial charge in [0.25, 0.3) is 0 Å². The van der Waals surface area contributed by atoms with Crippen LogP contribution in [0.25, 0.3) is 0 Å². The van der Waals surface area contributed by atoms with Gasteiger partial charge in [0.15, 0.2) is 0 Å². The zero-order valence-corrected chi connectivity index (χ0v) is 11.4. The Hall–Kier alpha value is -1.13. The van der Waals surface area contributed by atoms with Gasteiger partial charge in [0.05, 0.1) is 12.3 Å². The summed E-state index contributed by atoms with van der Waals surface area (Å²) in [6.07, 6.45) is 1.24. The molecule has 1 aromatic heterocycles. The number of rotatable bonds is 6. The van der Waals surface area contributed by atoms with Gasteiger partial charge in [-0.05, 0) is 37.9 Å². The number of hydrogen-bond donors (Lipinski definition) is 1. The van der Waals surface area contributed by atoms with Crippen LogP contribution >= 0.6 is 0 Å². The Labute approximate surface area is 109 Å². The third kappa shape index (κ3) is 3.68. The van der Waals surface area contributed by atoms with Crippen LogP contribution in [-0.2, 0) is 11.3 Å². The van der Waals surface area contributed by atoms with Crippen molar-refractivity contribution in [1.29, 1.82) is 0 Å². The Bertz CT molecular complexity index is 370. The number of aromatic nitrogens is 1. The fraction of sp³-hybridized carbons (Fsp3) is 0.643. The van der Waals surface area contributed by atoms with Crippen molar-refractivity contribution in [3.05, 3.63) is 23.9 Å². The smallest absolute Gasteiger partial charge is 0.126 e. The quantitative estimate of drug-likeness (QED) is 0.836. The molecule has 1 fully saturated rings. The van der Waals surface area contributed by atoms with Crippen molar-refractivity contribution >= 4 is 5.82 Å². The number of ether oxygens (including phenoxy) is 1. The van der Waals surface area contributed by atoms with Crippen LogP contribution in [0.1, 0.15) is 19.0 Å². The molecule has 2 rings (SSSR count). The zero-order valence-electron chi connectivity index (χ0n) is 11.4. The number of likely N-dealkylation sites (tertiary alicyclic amines) is 1. The number of nitrogens with zero attached hydrogens (tertiary/aromatic N) is 2. The van der Waals surface area contributed by atoms with Crippen molar-refractivity contribution in [3.63, 3.8) is 0 Å². The van der Waals surface area contributed by atoms with E-state index < -0.39 is 0 Å². The zero-order chi connectivity index (χ0) is 12.8. The standard InChI is InChI=1S/C14H23N3O/c1-3-15-14-6-4-5-13(16-14)10-17-8-7-12(9-17)11-18-2/h4-6,12H,3,7-11H2,1-2H3,(H,15,16). The lowest BCUT2D eigenvalue weighted by atomic mass is 10.1. The molecule has 4 heteroatoms. The molecule has 0 aromatic carbocycles. The highest BCUT2D eigenvalue weighted by atomic mass is 16.5. The average molecular weight is 249 g/mol. The minimum atomic E-state index is 0.687. The summed E-state index contributed by atoms with van der Waals surface area (Å²) in [7, 11) is 1.78. The number of hydrogen-bond acceptors (Lipinski definition) is 4. The van der Waals surface area contributed by atoms with Gasteiger partial charge in [-0.2, -0.15) is 0 Å². The molecule has 0 bridgehead atoms. The predicted octanol–water partition coefficient (Wildman–Crippen LogP) is 1.98. The molecule has 0 saturated carbocycles. The van der Waals surface area contributed by atoms with Gasteiger partial charge in [-0.3, -0.25) is 4.90 Å². The molecule has 1 aliphatic heterocycles. The van der Waals surface area contributed by atoms with Crippen LogP contribution < -0.4 is 5.32 Å². The Kier molecular flexibility index (Phi) is 4.96. The first kappa shape index (κ1) is 13.3. The van der Waals surface area contributed by atoms with Gasteiger partial charge in [-0.15, -0.1) is 0 Å². The third-order valence-corrected chi connectivity index (χ3v) is 3.32. The van der Waals surface area contributed by atoms with E-state index in [4.69, 9.17) is 4.74 Å². The van der Waals surface area contributed by atoms with E-state index in [0.29, 0.717) is 5.92 Å². The van der Waals surface area contributed by atoms with Crippen molar-refractivity contribution in [3.8, 4) is 0 Å². The molecule has 18 heavy (non-hydrogen) atoms. The topological polar surface area (TPSA) is 37.4 Å². The molecule has 0 spiro atoms. The van der Waals surface area contributed by atoms with Crippen LogP contribution in [-0.4, -0.2) is 43.2 Å². The third-order valence-electron chi connectivity index (χ3n) is 3.32. The van der Waals surface area contributed by atoms with Gasteiger partial charge in [-0.25, -0.2) is 4.98 Å². The van der Waals surface area contributed by atoms with Crippen molar-refractivity contribution in [2.75, 3.05) is 38.7 Å². The van der Waals surface area contributed by atoms with E-state index in [1.54, 1.807) is 7.11 Å². The maximum absolute atomic E-state index is 5.22. The summed E-state index contributed by atoms with van der Waals surface area (Å²) in [6, 6.07) is 6.19. The minimum Gasteiger partial charge on any atom is -0.384 e. The van der Waals surface area contributed by atoms with Crippen molar-refractivity contribution in [2.24, 2.45) is 5.92 Å². The highest BCUT2D eigenvalue weighted by Crippen LogP contribution is 2.18. The summed E-state index contributed by atoms with van der Waals surface area (Å²) >= 11 is 0. The second-order valence-electron chi connectivity index (χ2n) is 4.89. The normalized spacial score (nSPS) is 20.2. The summed E-state index contributed by atoms with van der Waals surface area (Å²) in [5, 5.41) is 3.25. The maximum atomic E-state index is 5.22. The molecular weight excluding hydrogens is 226 g/mol. The summed E-state index contributed by atoms with van der Waals surface area (Å²) in [4.78, 5) is 7.07. The number of pyridine rings is 1. The maximum Gasteiger partial charge on any atom is 0.126 e. The Morgan fingerprint density at radius 2 is 2.39 bits per heavy atom. The van der Waals surface area contributed by atoms with Crippen LogP contribution in [0.5, 0.6) is 0 Å². The molecule has 100 valence electrons. The van der Waals surface area contributed by atoms with Gasteiger partial charge in [-0.1, -0.05) is 6.07 Å². The van der Waals surface area contributed by atoms with Crippen molar-refractivity contribution in [2.45, 2.75) is 19.9 Å². The molecule has 0 aliphatic carbocycles. The first-order chi connectivity index (χ1) is 8.81. The molecule has 1 atom stereocenters. The van der Waals surface area contributed by atoms with Gasteiger partial charge < -0.3 is 10.1 Å². The lowest BCUT2D eigenvalue weighted by molar-refractivity contribution is 0.152. The lowest BCUT2D eigenvalue weighted by Gasteiger charge is -2.15. The van der Waals surface area contributed by atoms with E-state index in [0.717, 1.165) is 44.3 Å². The van der Waals surface area contributed by atoms with Crippen LogP contribution in [0.15, 0.2) is 18.2 Å². The predicted molar refractivity (Wildman–Crippen MR) is 73.7 cm³/mol. The second-order valence-corrected chi connectivity index (χ2v) is 4.89. The molecule has 1 N–H and O–H groups in total. The Morgan fingerprint density at radius 1 is 1.50 bits per heavy atom. The summed E-state index contributed by atoms with van der Waals surface area (Å²) < 4.78 is 5.22. The molecule has 1 aliphatic rings. The monoisotopic (exact) mass is 249 g/mol. The number of nitrogens with one attached hydrogen (secondary N) is 1. The highest BCUT2D eigenvalue weighted by molar-refractivity contribution is 5.34. The largest absolute Gasteiger partial charge is 0.384 e. The SMILES string of the molecule is CCNc1cccc(CN2CCC(COC)C2)n1. The van der Waals surface area contributed by atoms with Crippen LogP contribution in [0.4, 0.5) is 5.82 Å². The van der Waals surface area contributed by atoms with E-state index in [-0.39, 0.29) is 0 Å². The first-order valence-corrected chi connectivity index (χ1v) is 6.73. The van der Waals surface area contributed by atoms with Gasteiger partial charge in [0.1, 0.15) is 5.82 Å². The molecule has 1 unspecified atom stereocenters. The summed E-state index contributed by atoms with van der Waals surface area (Å²) in [5.74, 6) is 1.66. The molecule has 4 nitrogen and oxygen atoms in total. The molecule has 0 radical (unpaired) electrons. The fourth-order valence-corrected chi connectivity index (χ4v) is 2.50. The van der Waals surface area contributed by atoms with E-state index in [1.165, 1.54) is 6.42 Å². The van der Waals surface area contributed by atoms with E-state index in [2.05, 4.69) is 34.3 Å². The van der Waals surface area contributed by atoms with Crippen LogP contribution in [0, 0.1) is 5.92 Å². The summed E-state index contributed by atoms with van der Waals surface area (Å²) in [5.41, 5.74) is 1.14. The lowest BCUT2D eigenvalue weighted by Crippen LogP contribution is -2.22. The average Bonchev–Trinajstić information content (AvgIpc) is 2.78. The number of methoxy groups -OCH3 is 1. The van der Waals surface area contributed by atoms with Gasteiger partial charge in [0, 0.05) is 26.7 Å². The van der Waals surface area contributed by atoms with E-state index >= 15 is 0 Å².